The van der Waals surface area contributed by atoms with Gasteiger partial charge >= 0.3 is 0 Å². The van der Waals surface area contributed by atoms with E-state index in [0.29, 0.717) is 17.0 Å². The Kier molecular flexibility index (Phi) is 8.27. The molecule has 8 rings (SSSR count). The van der Waals surface area contributed by atoms with Crippen molar-refractivity contribution in [1.82, 2.24) is 9.97 Å². The molecule has 0 fully saturated rings. The van der Waals surface area contributed by atoms with Gasteiger partial charge in [0.2, 0.25) is 0 Å². The summed E-state index contributed by atoms with van der Waals surface area (Å²) < 4.78 is 16.9. The molecular formula is C41H26FN2OPtS-. The van der Waals surface area contributed by atoms with Crippen molar-refractivity contribution in [3.8, 4) is 61.8 Å². The van der Waals surface area contributed by atoms with E-state index in [9.17, 15) is 9.50 Å². The molecule has 0 aliphatic rings. The van der Waals surface area contributed by atoms with Gasteiger partial charge in [-0.25, -0.2) is 4.39 Å². The molecule has 5 aromatic carbocycles. The van der Waals surface area contributed by atoms with Crippen molar-refractivity contribution in [3.05, 3.63) is 151 Å². The Bertz CT molecular complexity index is 2420. The first-order chi connectivity index (χ1) is 22.5. The van der Waals surface area contributed by atoms with E-state index in [0.717, 1.165) is 39.2 Å². The molecule has 0 atom stereocenters. The van der Waals surface area contributed by atoms with Crippen molar-refractivity contribution >= 4 is 31.5 Å². The third-order valence-electron chi connectivity index (χ3n) is 8.21. The number of nitrogens with zero attached hydrogens (tertiary/aromatic N) is 2. The summed E-state index contributed by atoms with van der Waals surface area (Å²) in [4.78, 5) is 9.81. The minimum absolute atomic E-state index is 0. The molecule has 8 aromatic rings. The first-order valence-corrected chi connectivity index (χ1v) is 15.8. The number of para-hydroxylation sites is 1. The van der Waals surface area contributed by atoms with Crippen LogP contribution >= 0.6 is 11.3 Å². The molecule has 3 nitrogen and oxygen atoms in total. The predicted molar refractivity (Wildman–Crippen MR) is 187 cm³/mol. The maximum Gasteiger partial charge on any atom is 0.165 e. The molecule has 3 aromatic heterocycles. The predicted octanol–water partition coefficient (Wildman–Crippen LogP) is 11.1. The van der Waals surface area contributed by atoms with Crippen molar-refractivity contribution in [1.29, 1.82) is 0 Å². The number of pyridine rings is 2. The van der Waals surface area contributed by atoms with Crippen molar-refractivity contribution in [2.75, 3.05) is 0 Å². The monoisotopic (exact) mass is 808 g/mol. The van der Waals surface area contributed by atoms with Gasteiger partial charge in [-0.2, -0.15) is 0 Å². The van der Waals surface area contributed by atoms with Crippen LogP contribution in [0.25, 0.3) is 76.2 Å². The van der Waals surface area contributed by atoms with Crippen LogP contribution in [0.5, 0.6) is 5.75 Å². The van der Waals surface area contributed by atoms with Gasteiger partial charge in [0.15, 0.2) is 11.6 Å². The minimum atomic E-state index is -0.688. The van der Waals surface area contributed by atoms with E-state index in [1.165, 1.54) is 31.8 Å². The van der Waals surface area contributed by atoms with Gasteiger partial charge < -0.3 is 5.11 Å². The fraction of sp³-hybridized carbons (Fsp3) is 0.0244. The van der Waals surface area contributed by atoms with Crippen molar-refractivity contribution < 1.29 is 30.6 Å². The molecule has 1 N–H and O–H groups in total. The van der Waals surface area contributed by atoms with E-state index in [4.69, 9.17) is 9.97 Å². The van der Waals surface area contributed by atoms with Crippen LogP contribution in [-0.2, 0) is 21.1 Å². The zero-order valence-corrected chi connectivity index (χ0v) is 28.2. The van der Waals surface area contributed by atoms with Crippen LogP contribution in [0.2, 0.25) is 0 Å². The van der Waals surface area contributed by atoms with E-state index in [1.807, 2.05) is 78.9 Å². The van der Waals surface area contributed by atoms with Crippen molar-refractivity contribution in [2.45, 2.75) is 6.92 Å². The molecule has 0 bridgehead atoms. The number of hydrogen-bond acceptors (Lipinski definition) is 4. The Morgan fingerprint density at radius 1 is 0.596 bits per heavy atom. The Morgan fingerprint density at radius 2 is 1.23 bits per heavy atom. The molecular weight excluding hydrogens is 783 g/mol. The van der Waals surface area contributed by atoms with Gasteiger partial charge in [-0.15, -0.1) is 35.6 Å². The molecule has 0 saturated heterocycles. The largest absolute Gasteiger partial charge is 0.504 e. The first-order valence-electron chi connectivity index (χ1n) is 15.0. The van der Waals surface area contributed by atoms with Gasteiger partial charge in [0.05, 0.1) is 5.69 Å². The summed E-state index contributed by atoms with van der Waals surface area (Å²) in [6.07, 6.45) is 0. The third-order valence-corrected chi connectivity index (χ3v) is 9.43. The van der Waals surface area contributed by atoms with Gasteiger partial charge in [-0.1, -0.05) is 96.1 Å². The van der Waals surface area contributed by atoms with Gasteiger partial charge in [0.1, 0.15) is 0 Å². The molecule has 3 heterocycles. The zero-order chi connectivity index (χ0) is 31.2. The number of fused-ring (bicyclic) bond motifs is 3. The molecule has 230 valence electrons. The second kappa shape index (κ2) is 12.7. The average Bonchev–Trinajstić information content (AvgIpc) is 3.48. The van der Waals surface area contributed by atoms with Crippen LogP contribution in [-0.4, -0.2) is 15.1 Å². The summed E-state index contributed by atoms with van der Waals surface area (Å²) in [5, 5.41) is 13.1. The normalized spacial score (nSPS) is 11.1. The average molecular weight is 809 g/mol. The molecule has 0 unspecified atom stereocenters. The second-order valence-corrected chi connectivity index (χ2v) is 12.3. The quantitative estimate of drug-likeness (QED) is 0.176. The van der Waals surface area contributed by atoms with E-state index in [1.54, 1.807) is 12.1 Å². The second-order valence-electron chi connectivity index (χ2n) is 11.3. The van der Waals surface area contributed by atoms with Crippen LogP contribution in [0, 0.1) is 18.8 Å². The molecule has 0 saturated carbocycles. The number of thiophene rings is 1. The maximum atomic E-state index is 14.4. The fourth-order valence-electron chi connectivity index (χ4n) is 6.03. The summed E-state index contributed by atoms with van der Waals surface area (Å²) in [5.41, 5.74) is 8.96. The first kappa shape index (κ1) is 30.7. The smallest absolute Gasteiger partial charge is 0.165 e. The number of halogens is 1. The Morgan fingerprint density at radius 3 is 2.06 bits per heavy atom. The minimum Gasteiger partial charge on any atom is -0.504 e. The number of hydrogen-bond donors (Lipinski definition) is 1. The number of aryl methyl sites for hydroxylation is 1. The van der Waals surface area contributed by atoms with Gasteiger partial charge in [0, 0.05) is 63.9 Å². The SMILES string of the molecule is Cc1cc(-c2cccc3c2sc2ccccc23)cc(-c2[c-]c(-c3cc(-c4ccccc4)cc(-c4cccc(F)c4O)n3)ccc2)n1.[Pt]. The number of rotatable bonds is 5. The van der Waals surface area contributed by atoms with Crippen LogP contribution in [0.1, 0.15) is 5.69 Å². The van der Waals surface area contributed by atoms with Crippen molar-refractivity contribution in [2.24, 2.45) is 0 Å². The third kappa shape index (κ3) is 5.78. The van der Waals surface area contributed by atoms with Crippen LogP contribution < -0.4 is 0 Å². The fourth-order valence-corrected chi connectivity index (χ4v) is 7.27. The standard InChI is InChI=1S/C41H26FN2OS.Pt/c1-25-20-30(31-15-8-16-33-32-14-5-6-19-39(32)46-41(31)33)24-36(43-25)27-12-7-13-28(21-27)37-22-29(26-10-3-2-4-11-26)23-38(44-37)34-17-9-18-35(42)40(34)45;/h2-20,22-24,45H,1H3;/q-1;. The maximum absolute atomic E-state index is 14.4. The van der Waals surface area contributed by atoms with Crippen LogP contribution in [0.3, 0.4) is 0 Å². The number of benzene rings is 5. The Labute approximate surface area is 290 Å². The molecule has 0 aliphatic heterocycles. The zero-order valence-electron chi connectivity index (χ0n) is 25.1. The van der Waals surface area contributed by atoms with E-state index in [2.05, 4.69) is 60.7 Å². The van der Waals surface area contributed by atoms with E-state index in [-0.39, 0.29) is 21.1 Å². The van der Waals surface area contributed by atoms with E-state index >= 15 is 0 Å². The topological polar surface area (TPSA) is 46.0 Å². The molecule has 0 spiro atoms. The number of aromatic hydroxyl groups is 1. The van der Waals surface area contributed by atoms with Gasteiger partial charge in [-0.3, -0.25) is 9.97 Å². The summed E-state index contributed by atoms with van der Waals surface area (Å²) in [6.45, 7) is 2.02. The van der Waals surface area contributed by atoms with Gasteiger partial charge in [-0.05, 0) is 59.5 Å². The van der Waals surface area contributed by atoms with Crippen LogP contribution in [0.4, 0.5) is 4.39 Å². The molecule has 0 amide bonds. The number of phenolic OH excluding ortho intramolecular Hbond substituents is 1. The van der Waals surface area contributed by atoms with E-state index < -0.39 is 11.6 Å². The molecule has 0 radical (unpaired) electrons. The van der Waals surface area contributed by atoms with Crippen molar-refractivity contribution in [3.63, 3.8) is 0 Å². The summed E-state index contributed by atoms with van der Waals surface area (Å²) in [5.74, 6) is -1.11. The summed E-state index contributed by atoms with van der Waals surface area (Å²) in [6, 6.07) is 47.1. The molecule has 0 aliphatic carbocycles. The molecule has 6 heteroatoms. The van der Waals surface area contributed by atoms with Gasteiger partial charge in [0.25, 0.3) is 0 Å². The molecule has 47 heavy (non-hydrogen) atoms. The van der Waals surface area contributed by atoms with Crippen LogP contribution in [0.15, 0.2) is 133 Å². The number of phenols is 1. The summed E-state index contributed by atoms with van der Waals surface area (Å²) >= 11 is 1.81. The summed E-state index contributed by atoms with van der Waals surface area (Å²) in [7, 11) is 0. The Balaban J connectivity index is 0.00000351. The Hall–Kier alpha value is -4.96. The number of aromatic nitrogens is 2.